The van der Waals surface area contributed by atoms with Crippen LogP contribution in [0.5, 0.6) is 0 Å². The lowest BCUT2D eigenvalue weighted by atomic mass is 9.91. The van der Waals surface area contributed by atoms with Crippen LogP contribution in [0.1, 0.15) is 69.8 Å². The highest BCUT2D eigenvalue weighted by Crippen LogP contribution is 2.35. The molecule has 1 saturated carbocycles. The molecule has 0 bridgehead atoms. The molecule has 6 nitrogen and oxygen atoms in total. The molecule has 2 fully saturated rings. The zero-order chi connectivity index (χ0) is 19.1. The summed E-state index contributed by atoms with van der Waals surface area (Å²) in [7, 11) is 0. The van der Waals surface area contributed by atoms with E-state index in [9.17, 15) is 4.79 Å². The SMILES string of the molecule is Cc1cc(C(=O)N2CCC(c3nc4c(s3)CCN(C3CCC3)CC4)CC2)n[nH]1. The van der Waals surface area contributed by atoms with Crippen molar-refractivity contribution in [3.05, 3.63) is 33.0 Å². The second-order valence-electron chi connectivity index (χ2n) is 8.55. The molecule has 2 aliphatic heterocycles. The van der Waals surface area contributed by atoms with Gasteiger partial charge in [0.2, 0.25) is 0 Å². The average Bonchev–Trinajstić information content (AvgIpc) is 3.24. The van der Waals surface area contributed by atoms with Crippen molar-refractivity contribution in [2.45, 2.75) is 63.8 Å². The number of thiazole rings is 1. The molecular weight excluding hydrogens is 370 g/mol. The molecule has 3 aliphatic rings. The second kappa shape index (κ2) is 7.59. The summed E-state index contributed by atoms with van der Waals surface area (Å²) in [6.07, 6.45) is 8.48. The van der Waals surface area contributed by atoms with Gasteiger partial charge in [0.1, 0.15) is 5.69 Å². The number of hydrogen-bond donors (Lipinski definition) is 1. The molecule has 1 aliphatic carbocycles. The lowest BCUT2D eigenvalue weighted by Crippen LogP contribution is -2.41. The summed E-state index contributed by atoms with van der Waals surface area (Å²) in [5.41, 5.74) is 2.82. The quantitative estimate of drug-likeness (QED) is 0.861. The number of nitrogens with zero attached hydrogens (tertiary/aromatic N) is 4. The summed E-state index contributed by atoms with van der Waals surface area (Å²) in [6, 6.07) is 2.67. The largest absolute Gasteiger partial charge is 0.337 e. The first-order valence-corrected chi connectivity index (χ1v) is 11.5. The predicted molar refractivity (Wildman–Crippen MR) is 110 cm³/mol. The number of aryl methyl sites for hydroxylation is 1. The highest BCUT2D eigenvalue weighted by molar-refractivity contribution is 7.11. The van der Waals surface area contributed by atoms with Crippen LogP contribution >= 0.6 is 11.3 Å². The summed E-state index contributed by atoms with van der Waals surface area (Å²) in [5.74, 6) is 0.554. The number of rotatable bonds is 3. The minimum Gasteiger partial charge on any atom is -0.337 e. The van der Waals surface area contributed by atoms with E-state index in [0.29, 0.717) is 11.6 Å². The number of likely N-dealkylation sites (tertiary alicyclic amines) is 1. The van der Waals surface area contributed by atoms with Gasteiger partial charge in [0.25, 0.3) is 5.91 Å². The number of carbonyl (C=O) groups is 1. The van der Waals surface area contributed by atoms with Crippen molar-refractivity contribution in [1.82, 2.24) is 25.0 Å². The number of H-pyrrole nitrogens is 1. The number of carbonyl (C=O) groups excluding carboxylic acids is 1. The van der Waals surface area contributed by atoms with Crippen LogP contribution in [0, 0.1) is 6.92 Å². The standard InChI is InChI=1S/C21H29N5OS/c1-14-13-18(24-23-14)21(27)26-9-5-15(6-10-26)20-22-17-7-11-25(16-3-2-4-16)12-8-19(17)28-20/h13,15-16H,2-12H2,1H3,(H,23,24). The van der Waals surface area contributed by atoms with Crippen LogP contribution < -0.4 is 0 Å². The van der Waals surface area contributed by atoms with Gasteiger partial charge in [-0.1, -0.05) is 6.42 Å². The molecule has 5 rings (SSSR count). The van der Waals surface area contributed by atoms with E-state index in [-0.39, 0.29) is 5.91 Å². The van der Waals surface area contributed by atoms with Gasteiger partial charge in [0.05, 0.1) is 10.7 Å². The van der Waals surface area contributed by atoms with E-state index >= 15 is 0 Å². The summed E-state index contributed by atoms with van der Waals surface area (Å²) < 4.78 is 0. The lowest BCUT2D eigenvalue weighted by molar-refractivity contribution is 0.0707. The Bertz CT molecular complexity index is 821. The third kappa shape index (κ3) is 3.50. The highest BCUT2D eigenvalue weighted by atomic mass is 32.1. The number of aromatic amines is 1. The topological polar surface area (TPSA) is 65.1 Å². The minimum atomic E-state index is 0.0498. The van der Waals surface area contributed by atoms with Gasteiger partial charge in [-0.2, -0.15) is 5.10 Å². The number of fused-ring (bicyclic) bond motifs is 1. The van der Waals surface area contributed by atoms with Gasteiger partial charge in [-0.25, -0.2) is 4.98 Å². The molecule has 150 valence electrons. The Morgan fingerprint density at radius 2 is 1.93 bits per heavy atom. The molecule has 2 aromatic heterocycles. The first-order chi connectivity index (χ1) is 13.7. The maximum Gasteiger partial charge on any atom is 0.274 e. The first kappa shape index (κ1) is 18.3. The van der Waals surface area contributed by atoms with E-state index in [1.54, 1.807) is 0 Å². The average molecular weight is 400 g/mol. The summed E-state index contributed by atoms with van der Waals surface area (Å²) >= 11 is 1.95. The molecule has 0 radical (unpaired) electrons. The van der Waals surface area contributed by atoms with Crippen LogP contribution in [-0.2, 0) is 12.8 Å². The molecule has 0 atom stereocenters. The summed E-state index contributed by atoms with van der Waals surface area (Å²) in [6.45, 7) is 5.91. The van der Waals surface area contributed by atoms with Crippen molar-refractivity contribution >= 4 is 17.2 Å². The van der Waals surface area contributed by atoms with Gasteiger partial charge >= 0.3 is 0 Å². The molecule has 0 unspecified atom stereocenters. The van der Waals surface area contributed by atoms with Gasteiger partial charge in [-0.15, -0.1) is 11.3 Å². The number of aromatic nitrogens is 3. The number of hydrogen-bond acceptors (Lipinski definition) is 5. The smallest absolute Gasteiger partial charge is 0.274 e. The number of amides is 1. The maximum absolute atomic E-state index is 12.6. The second-order valence-corrected chi connectivity index (χ2v) is 9.66. The molecular formula is C21H29N5OS. The van der Waals surface area contributed by atoms with E-state index in [1.807, 2.05) is 29.2 Å². The van der Waals surface area contributed by atoms with Crippen molar-refractivity contribution in [3.8, 4) is 0 Å². The molecule has 28 heavy (non-hydrogen) atoms. The molecule has 1 amide bonds. The van der Waals surface area contributed by atoms with Gasteiger partial charge < -0.3 is 4.90 Å². The summed E-state index contributed by atoms with van der Waals surface area (Å²) in [5, 5.41) is 8.29. The van der Waals surface area contributed by atoms with E-state index < -0.39 is 0 Å². The van der Waals surface area contributed by atoms with Crippen LogP contribution in [0.25, 0.3) is 0 Å². The number of piperidine rings is 1. The van der Waals surface area contributed by atoms with E-state index in [4.69, 9.17) is 4.98 Å². The fourth-order valence-corrected chi connectivity index (χ4v) is 5.98. The van der Waals surface area contributed by atoms with Crippen LogP contribution in [0.3, 0.4) is 0 Å². The molecule has 0 aromatic carbocycles. The van der Waals surface area contributed by atoms with Crippen LogP contribution in [-0.4, -0.2) is 63.1 Å². The van der Waals surface area contributed by atoms with E-state index in [0.717, 1.165) is 44.1 Å². The fourth-order valence-electron chi connectivity index (χ4n) is 4.71. The molecule has 7 heteroatoms. The Balaban J connectivity index is 1.19. The van der Waals surface area contributed by atoms with Crippen LogP contribution in [0.15, 0.2) is 6.07 Å². The Labute approximate surface area is 170 Å². The molecule has 2 aromatic rings. The lowest BCUT2D eigenvalue weighted by Gasteiger charge is -2.36. The van der Waals surface area contributed by atoms with Crippen molar-refractivity contribution in [2.75, 3.05) is 26.2 Å². The Morgan fingerprint density at radius 3 is 2.61 bits per heavy atom. The minimum absolute atomic E-state index is 0.0498. The zero-order valence-corrected chi connectivity index (χ0v) is 17.4. The third-order valence-corrected chi connectivity index (χ3v) is 8.02. The predicted octanol–water partition coefficient (Wildman–Crippen LogP) is 3.15. The van der Waals surface area contributed by atoms with Gasteiger partial charge in [-0.05, 0) is 45.1 Å². The van der Waals surface area contributed by atoms with E-state index in [1.165, 1.54) is 54.4 Å². The van der Waals surface area contributed by atoms with Gasteiger partial charge in [0, 0.05) is 55.1 Å². The summed E-state index contributed by atoms with van der Waals surface area (Å²) in [4.78, 5) is 23.8. The molecule has 1 saturated heterocycles. The third-order valence-electron chi connectivity index (χ3n) is 6.70. The number of nitrogens with one attached hydrogen (secondary N) is 1. The Morgan fingerprint density at radius 1 is 1.14 bits per heavy atom. The zero-order valence-electron chi connectivity index (χ0n) is 16.6. The van der Waals surface area contributed by atoms with Crippen molar-refractivity contribution in [1.29, 1.82) is 0 Å². The highest BCUT2D eigenvalue weighted by Gasteiger charge is 2.30. The fraction of sp³-hybridized carbons (Fsp3) is 0.667. The molecule has 4 heterocycles. The van der Waals surface area contributed by atoms with Gasteiger partial charge in [-0.3, -0.25) is 14.8 Å². The molecule has 0 spiro atoms. The van der Waals surface area contributed by atoms with Crippen molar-refractivity contribution in [2.24, 2.45) is 0 Å². The van der Waals surface area contributed by atoms with Crippen molar-refractivity contribution in [3.63, 3.8) is 0 Å². The van der Waals surface area contributed by atoms with Crippen LogP contribution in [0.2, 0.25) is 0 Å². The first-order valence-electron chi connectivity index (χ1n) is 10.7. The van der Waals surface area contributed by atoms with Crippen molar-refractivity contribution < 1.29 is 4.79 Å². The normalized spacial score (nSPS) is 22.0. The maximum atomic E-state index is 12.6. The Hall–Kier alpha value is -1.73. The monoisotopic (exact) mass is 399 g/mol. The van der Waals surface area contributed by atoms with Crippen LogP contribution in [0.4, 0.5) is 0 Å². The van der Waals surface area contributed by atoms with E-state index in [2.05, 4.69) is 15.1 Å². The Kier molecular flexibility index (Phi) is 4.97. The molecule has 1 N–H and O–H groups in total. The van der Waals surface area contributed by atoms with Gasteiger partial charge in [0.15, 0.2) is 0 Å².